The number of rotatable bonds is 5. The Hall–Kier alpha value is -3.14. The van der Waals surface area contributed by atoms with E-state index in [0.29, 0.717) is 23.3 Å². The van der Waals surface area contributed by atoms with Crippen LogP contribution in [0.15, 0.2) is 60.9 Å². The van der Waals surface area contributed by atoms with Crippen LogP contribution in [0.3, 0.4) is 0 Å². The molecule has 0 unspecified atom stereocenters. The number of benzene rings is 2. The minimum absolute atomic E-state index is 0.0285. The van der Waals surface area contributed by atoms with Crippen LogP contribution in [0.1, 0.15) is 21.5 Å². The fourth-order valence-electron chi connectivity index (χ4n) is 3.16. The zero-order valence-electron chi connectivity index (χ0n) is 16.5. The molecular formula is C22H14ClF7N2O. The van der Waals surface area contributed by atoms with Gasteiger partial charge in [-0.2, -0.15) is 26.3 Å². The summed E-state index contributed by atoms with van der Waals surface area (Å²) in [5, 5.41) is 0.260. The van der Waals surface area contributed by atoms with Crippen LogP contribution in [0.4, 0.5) is 36.4 Å². The molecule has 1 amide bonds. The summed E-state index contributed by atoms with van der Waals surface area (Å²) in [6.07, 6.45) is -7.77. The molecule has 0 saturated heterocycles. The number of hydrogen-bond acceptors (Lipinski definition) is 2. The molecule has 0 N–H and O–H groups in total. The summed E-state index contributed by atoms with van der Waals surface area (Å²) < 4.78 is 92.7. The molecule has 0 bridgehead atoms. The molecule has 0 radical (unpaired) electrons. The van der Waals surface area contributed by atoms with E-state index in [9.17, 15) is 35.5 Å². The average Bonchev–Trinajstić information content (AvgIpc) is 2.76. The molecule has 3 nitrogen and oxygen atoms in total. The van der Waals surface area contributed by atoms with Gasteiger partial charge in [0, 0.05) is 27.9 Å². The van der Waals surface area contributed by atoms with Gasteiger partial charge < -0.3 is 4.90 Å². The van der Waals surface area contributed by atoms with Crippen molar-refractivity contribution >= 4 is 23.2 Å². The molecule has 0 aliphatic heterocycles. The first-order chi connectivity index (χ1) is 15.4. The van der Waals surface area contributed by atoms with E-state index in [1.165, 1.54) is 12.3 Å². The molecule has 11 heteroatoms. The highest BCUT2D eigenvalue weighted by atomic mass is 35.5. The fourth-order valence-corrected chi connectivity index (χ4v) is 3.40. The molecular weight excluding hydrogens is 477 g/mol. The lowest BCUT2D eigenvalue weighted by Gasteiger charge is -2.25. The number of amides is 1. The number of hydrogen-bond donors (Lipinski definition) is 0. The van der Waals surface area contributed by atoms with Crippen molar-refractivity contribution in [2.24, 2.45) is 0 Å². The first-order valence-electron chi connectivity index (χ1n) is 9.29. The molecule has 0 aliphatic carbocycles. The highest BCUT2D eigenvalue weighted by Crippen LogP contribution is 2.38. The van der Waals surface area contributed by atoms with Crippen molar-refractivity contribution in [1.29, 1.82) is 0 Å². The molecule has 2 aromatic carbocycles. The normalized spacial score (nSPS) is 12.0. The monoisotopic (exact) mass is 490 g/mol. The van der Waals surface area contributed by atoms with E-state index in [0.717, 1.165) is 11.1 Å². The molecule has 3 rings (SSSR count). The topological polar surface area (TPSA) is 33.2 Å². The van der Waals surface area contributed by atoms with Crippen LogP contribution in [0.2, 0.25) is 5.02 Å². The van der Waals surface area contributed by atoms with Crippen LogP contribution in [0.25, 0.3) is 11.1 Å². The highest BCUT2D eigenvalue weighted by molar-refractivity contribution is 6.33. The Kier molecular flexibility index (Phi) is 6.97. The SMILES string of the molecule is O=C(c1cc(C(F)(F)F)cc(C(F)(F)F)c1)N(CCF)c1cnccc1-c1ccccc1Cl. The van der Waals surface area contributed by atoms with Gasteiger partial charge in [-0.3, -0.25) is 9.78 Å². The molecule has 0 atom stereocenters. The van der Waals surface area contributed by atoms with Crippen molar-refractivity contribution in [2.75, 3.05) is 18.1 Å². The van der Waals surface area contributed by atoms with Crippen LogP contribution < -0.4 is 4.90 Å². The Bertz CT molecular complexity index is 1130. The first-order valence-corrected chi connectivity index (χ1v) is 9.67. The Balaban J connectivity index is 2.17. The maximum absolute atomic E-state index is 13.4. The quantitative estimate of drug-likeness (QED) is 0.359. The number of alkyl halides is 7. The maximum atomic E-state index is 13.4. The Morgan fingerprint density at radius 3 is 2.06 bits per heavy atom. The molecule has 1 heterocycles. The van der Waals surface area contributed by atoms with Crippen molar-refractivity contribution in [3.05, 3.63) is 82.6 Å². The van der Waals surface area contributed by atoms with E-state index in [1.54, 1.807) is 24.3 Å². The first kappa shape index (κ1) is 24.5. The number of carbonyl (C=O) groups excluding carboxylic acids is 1. The van der Waals surface area contributed by atoms with Gasteiger partial charge in [0.05, 0.1) is 29.6 Å². The zero-order chi connectivity index (χ0) is 24.4. The minimum Gasteiger partial charge on any atom is -0.304 e. The minimum atomic E-state index is -5.14. The third-order valence-electron chi connectivity index (χ3n) is 4.64. The summed E-state index contributed by atoms with van der Waals surface area (Å²) in [6.45, 7) is -1.76. The maximum Gasteiger partial charge on any atom is 0.416 e. The molecule has 0 aliphatic rings. The second kappa shape index (κ2) is 9.38. The number of anilines is 1. The van der Waals surface area contributed by atoms with E-state index < -0.39 is 48.2 Å². The number of aromatic nitrogens is 1. The molecule has 174 valence electrons. The van der Waals surface area contributed by atoms with Gasteiger partial charge >= 0.3 is 12.4 Å². The molecule has 0 fully saturated rings. The highest BCUT2D eigenvalue weighted by Gasteiger charge is 2.38. The van der Waals surface area contributed by atoms with Crippen molar-refractivity contribution in [2.45, 2.75) is 12.4 Å². The molecule has 33 heavy (non-hydrogen) atoms. The number of carbonyl (C=O) groups is 1. The van der Waals surface area contributed by atoms with Crippen LogP contribution in [-0.4, -0.2) is 24.1 Å². The third-order valence-corrected chi connectivity index (χ3v) is 4.97. The van der Waals surface area contributed by atoms with Crippen LogP contribution >= 0.6 is 11.6 Å². The van der Waals surface area contributed by atoms with Crippen LogP contribution in [0, 0.1) is 0 Å². The Labute approximate surface area is 188 Å². The van der Waals surface area contributed by atoms with E-state index in [4.69, 9.17) is 11.6 Å². The third kappa shape index (κ3) is 5.44. The van der Waals surface area contributed by atoms with E-state index in [1.807, 2.05) is 0 Å². The summed E-state index contributed by atoms with van der Waals surface area (Å²) in [6, 6.07) is 8.37. The van der Waals surface area contributed by atoms with Crippen molar-refractivity contribution < 1.29 is 35.5 Å². The lowest BCUT2D eigenvalue weighted by atomic mass is 10.0. The van der Waals surface area contributed by atoms with E-state index in [2.05, 4.69) is 4.98 Å². The van der Waals surface area contributed by atoms with Gasteiger partial charge in [-0.15, -0.1) is 0 Å². The summed E-state index contributed by atoms with van der Waals surface area (Å²) in [4.78, 5) is 17.7. The number of pyridine rings is 1. The van der Waals surface area contributed by atoms with Gasteiger partial charge in [-0.05, 0) is 30.3 Å². The van der Waals surface area contributed by atoms with Crippen LogP contribution in [0.5, 0.6) is 0 Å². The number of halogens is 8. The lowest BCUT2D eigenvalue weighted by Crippen LogP contribution is -2.34. The van der Waals surface area contributed by atoms with Gasteiger partial charge in [-0.25, -0.2) is 4.39 Å². The number of nitrogens with zero attached hydrogens (tertiary/aromatic N) is 2. The summed E-state index contributed by atoms with van der Waals surface area (Å²) in [5.74, 6) is -1.26. The predicted octanol–water partition coefficient (Wildman–Crippen LogP) is 7.06. The van der Waals surface area contributed by atoms with Gasteiger partial charge in [0.15, 0.2) is 0 Å². The van der Waals surface area contributed by atoms with E-state index >= 15 is 0 Å². The second-order valence-corrected chi connectivity index (χ2v) is 7.22. The average molecular weight is 491 g/mol. The standard InChI is InChI=1S/C22H14ClF7N2O/c23-18-4-2-1-3-16(18)17-5-7-31-12-19(17)32(8-6-24)20(33)13-9-14(21(25,26)27)11-15(10-13)22(28,29)30/h1-5,7,9-12H,6,8H2. The van der Waals surface area contributed by atoms with Gasteiger partial charge in [-0.1, -0.05) is 29.8 Å². The van der Waals surface area contributed by atoms with E-state index in [-0.39, 0.29) is 16.8 Å². The summed E-state index contributed by atoms with van der Waals surface area (Å²) >= 11 is 6.20. The predicted molar refractivity (Wildman–Crippen MR) is 109 cm³/mol. The fraction of sp³-hybridized carbons (Fsp3) is 0.182. The van der Waals surface area contributed by atoms with Crippen molar-refractivity contribution in [3.63, 3.8) is 0 Å². The zero-order valence-corrected chi connectivity index (χ0v) is 17.3. The molecule has 1 aromatic heterocycles. The van der Waals surface area contributed by atoms with Crippen LogP contribution in [-0.2, 0) is 12.4 Å². The lowest BCUT2D eigenvalue weighted by molar-refractivity contribution is -0.143. The smallest absolute Gasteiger partial charge is 0.304 e. The summed E-state index contributed by atoms with van der Waals surface area (Å²) in [7, 11) is 0. The second-order valence-electron chi connectivity index (χ2n) is 6.81. The molecule has 0 saturated carbocycles. The van der Waals surface area contributed by atoms with Gasteiger partial charge in [0.2, 0.25) is 0 Å². The van der Waals surface area contributed by atoms with Crippen molar-refractivity contribution in [1.82, 2.24) is 4.98 Å². The van der Waals surface area contributed by atoms with Gasteiger partial charge in [0.1, 0.15) is 6.67 Å². The van der Waals surface area contributed by atoms with Crippen molar-refractivity contribution in [3.8, 4) is 11.1 Å². The Morgan fingerprint density at radius 2 is 1.52 bits per heavy atom. The summed E-state index contributed by atoms with van der Waals surface area (Å²) in [5.41, 5.74) is -3.54. The Morgan fingerprint density at radius 1 is 0.909 bits per heavy atom. The van der Waals surface area contributed by atoms with Gasteiger partial charge in [0.25, 0.3) is 5.91 Å². The molecule has 3 aromatic rings. The molecule has 0 spiro atoms. The largest absolute Gasteiger partial charge is 0.416 e.